The highest BCUT2D eigenvalue weighted by Gasteiger charge is 2.33. The molecule has 2 aromatic carbocycles. The summed E-state index contributed by atoms with van der Waals surface area (Å²) in [5, 5.41) is 13.9. The van der Waals surface area contributed by atoms with E-state index in [0.717, 1.165) is 22.9 Å². The number of aryl methyl sites for hydroxylation is 3. The highest BCUT2D eigenvalue weighted by atomic mass is 32.2. The summed E-state index contributed by atoms with van der Waals surface area (Å²) in [5.74, 6) is -0.411. The third-order valence-corrected chi connectivity index (χ3v) is 7.64. The number of benzene rings is 2. The molecule has 1 amide bonds. The summed E-state index contributed by atoms with van der Waals surface area (Å²) in [6.07, 6.45) is 0.785. The normalized spacial score (nSPS) is 15.7. The van der Waals surface area contributed by atoms with Crippen LogP contribution in [0.4, 0.5) is 11.4 Å². The zero-order chi connectivity index (χ0) is 22.1. The number of nitrogens with zero attached hydrogens (tertiary/aromatic N) is 2. The quantitative estimate of drug-likeness (QED) is 0.575. The van der Waals surface area contributed by atoms with Crippen LogP contribution in [0.3, 0.4) is 0 Å². The lowest BCUT2D eigenvalue weighted by molar-refractivity contribution is -0.385. The van der Waals surface area contributed by atoms with Gasteiger partial charge < -0.3 is 5.32 Å². The van der Waals surface area contributed by atoms with Gasteiger partial charge >= 0.3 is 0 Å². The number of sulfonamides is 1. The fourth-order valence-electron chi connectivity index (χ4n) is 3.54. The number of nitro groups is 1. The predicted molar refractivity (Wildman–Crippen MR) is 114 cm³/mol. The molecule has 1 aliphatic heterocycles. The van der Waals surface area contributed by atoms with Crippen molar-refractivity contribution >= 4 is 27.3 Å². The summed E-state index contributed by atoms with van der Waals surface area (Å²) in [5.41, 5.74) is 3.14. The van der Waals surface area contributed by atoms with Gasteiger partial charge in [0.1, 0.15) is 0 Å². The van der Waals surface area contributed by atoms with E-state index in [1.54, 1.807) is 6.92 Å². The molecule has 3 rings (SSSR count). The molecular formula is C21H25N3O5S. The number of piperidine rings is 1. The van der Waals surface area contributed by atoms with Crippen molar-refractivity contribution in [3.63, 3.8) is 0 Å². The number of anilines is 1. The molecule has 1 aliphatic rings. The number of nitrogens with one attached hydrogen (secondary N) is 1. The van der Waals surface area contributed by atoms with Crippen LogP contribution in [0, 0.1) is 36.8 Å². The van der Waals surface area contributed by atoms with Crippen LogP contribution in [0.1, 0.15) is 29.5 Å². The molecule has 0 bridgehead atoms. The molecular weight excluding hydrogens is 406 g/mol. The number of non-ortho nitro benzene ring substituents is 1. The highest BCUT2D eigenvalue weighted by molar-refractivity contribution is 7.89. The molecule has 160 valence electrons. The van der Waals surface area contributed by atoms with Gasteiger partial charge in [0.05, 0.1) is 9.82 Å². The average molecular weight is 432 g/mol. The first kappa shape index (κ1) is 21.9. The predicted octanol–water partition coefficient (Wildman–Crippen LogP) is 3.56. The number of nitro benzene ring substituents is 1. The number of carbonyl (C=O) groups is 1. The number of hydrogen-bond donors (Lipinski definition) is 1. The van der Waals surface area contributed by atoms with Crippen LogP contribution in [0.15, 0.2) is 41.3 Å². The van der Waals surface area contributed by atoms with Gasteiger partial charge in [0.15, 0.2) is 0 Å². The van der Waals surface area contributed by atoms with Gasteiger partial charge in [-0.15, -0.1) is 0 Å². The van der Waals surface area contributed by atoms with Gasteiger partial charge in [-0.1, -0.05) is 12.1 Å². The molecule has 30 heavy (non-hydrogen) atoms. The molecule has 0 spiro atoms. The Kier molecular flexibility index (Phi) is 6.23. The summed E-state index contributed by atoms with van der Waals surface area (Å²) >= 11 is 0. The lowest BCUT2D eigenvalue weighted by Crippen LogP contribution is -2.41. The van der Waals surface area contributed by atoms with E-state index in [0.29, 0.717) is 18.4 Å². The van der Waals surface area contributed by atoms with Crippen molar-refractivity contribution in [2.75, 3.05) is 18.4 Å². The van der Waals surface area contributed by atoms with Crippen LogP contribution in [0.5, 0.6) is 0 Å². The van der Waals surface area contributed by atoms with E-state index in [1.165, 1.54) is 16.4 Å². The van der Waals surface area contributed by atoms with Crippen LogP contribution in [-0.4, -0.2) is 36.6 Å². The first-order valence-electron chi connectivity index (χ1n) is 9.73. The minimum Gasteiger partial charge on any atom is -0.326 e. The van der Waals surface area contributed by atoms with Gasteiger partial charge in [-0.3, -0.25) is 14.9 Å². The first-order chi connectivity index (χ1) is 14.1. The molecule has 0 radical (unpaired) electrons. The summed E-state index contributed by atoms with van der Waals surface area (Å²) in [6, 6.07) is 9.54. The Labute approximate surface area is 176 Å². The van der Waals surface area contributed by atoms with Crippen molar-refractivity contribution in [3.05, 3.63) is 63.2 Å². The molecule has 0 atom stereocenters. The Morgan fingerprint density at radius 3 is 2.27 bits per heavy atom. The maximum Gasteiger partial charge on any atom is 0.270 e. The lowest BCUT2D eigenvalue weighted by atomic mass is 9.97. The molecule has 1 fully saturated rings. The van der Waals surface area contributed by atoms with Crippen LogP contribution in [0.2, 0.25) is 0 Å². The van der Waals surface area contributed by atoms with Crippen molar-refractivity contribution in [1.29, 1.82) is 0 Å². The Balaban J connectivity index is 1.68. The second-order valence-electron chi connectivity index (χ2n) is 7.67. The van der Waals surface area contributed by atoms with E-state index >= 15 is 0 Å². The van der Waals surface area contributed by atoms with E-state index in [4.69, 9.17) is 0 Å². The maximum atomic E-state index is 13.0. The van der Waals surface area contributed by atoms with Gasteiger partial charge in [-0.25, -0.2) is 8.42 Å². The monoisotopic (exact) mass is 431 g/mol. The van der Waals surface area contributed by atoms with E-state index < -0.39 is 14.9 Å². The number of rotatable bonds is 5. The lowest BCUT2D eigenvalue weighted by Gasteiger charge is -2.31. The maximum absolute atomic E-state index is 13.0. The van der Waals surface area contributed by atoms with Gasteiger partial charge in [0, 0.05) is 36.8 Å². The van der Waals surface area contributed by atoms with Crippen molar-refractivity contribution in [2.24, 2.45) is 5.92 Å². The molecule has 0 unspecified atom stereocenters. The van der Waals surface area contributed by atoms with E-state index in [9.17, 15) is 23.3 Å². The molecule has 1 N–H and O–H groups in total. The standard InChI is InChI=1S/C21H25N3O5S/c1-14-4-6-18(12-16(14)3)22-21(25)17-8-10-23(11-9-17)30(28,29)20-13-19(24(26)27)7-5-15(20)2/h4-7,12-13,17H,8-11H2,1-3H3,(H,22,25). The van der Waals surface area contributed by atoms with Crippen molar-refractivity contribution < 1.29 is 18.1 Å². The summed E-state index contributed by atoms with van der Waals surface area (Å²) in [6.45, 7) is 5.97. The molecule has 1 heterocycles. The number of carbonyl (C=O) groups excluding carboxylic acids is 1. The van der Waals surface area contributed by atoms with Crippen LogP contribution in [0.25, 0.3) is 0 Å². The molecule has 9 heteroatoms. The van der Waals surface area contributed by atoms with Crippen LogP contribution in [-0.2, 0) is 14.8 Å². The minimum atomic E-state index is -3.87. The molecule has 0 saturated carbocycles. The fourth-order valence-corrected chi connectivity index (χ4v) is 5.26. The second kappa shape index (κ2) is 8.53. The van der Waals surface area contributed by atoms with Crippen molar-refractivity contribution in [2.45, 2.75) is 38.5 Å². The van der Waals surface area contributed by atoms with Crippen molar-refractivity contribution in [3.8, 4) is 0 Å². The first-order valence-corrected chi connectivity index (χ1v) is 11.2. The van der Waals surface area contributed by atoms with Crippen molar-refractivity contribution in [1.82, 2.24) is 4.31 Å². The smallest absolute Gasteiger partial charge is 0.270 e. The largest absolute Gasteiger partial charge is 0.326 e. The Bertz CT molecular complexity index is 1090. The van der Waals surface area contributed by atoms with Gasteiger partial charge in [0.25, 0.3) is 5.69 Å². The summed E-state index contributed by atoms with van der Waals surface area (Å²) in [4.78, 5) is 23.0. The molecule has 0 aliphatic carbocycles. The van der Waals surface area contributed by atoms with Crippen LogP contribution >= 0.6 is 0 Å². The van der Waals surface area contributed by atoms with Gasteiger partial charge in [0.2, 0.25) is 15.9 Å². The molecule has 8 nitrogen and oxygen atoms in total. The highest BCUT2D eigenvalue weighted by Crippen LogP contribution is 2.29. The third-order valence-electron chi connectivity index (χ3n) is 5.60. The Morgan fingerprint density at radius 2 is 1.67 bits per heavy atom. The average Bonchev–Trinajstić information content (AvgIpc) is 2.70. The topological polar surface area (TPSA) is 110 Å². The number of amides is 1. The Morgan fingerprint density at radius 1 is 1.03 bits per heavy atom. The SMILES string of the molecule is Cc1ccc(NC(=O)C2CCN(S(=O)(=O)c3cc([N+](=O)[O-])ccc3C)CC2)cc1C. The third kappa shape index (κ3) is 4.52. The molecule has 1 saturated heterocycles. The van der Waals surface area contributed by atoms with Crippen LogP contribution < -0.4 is 5.32 Å². The fraction of sp³-hybridized carbons (Fsp3) is 0.381. The van der Waals surface area contributed by atoms with E-state index in [2.05, 4.69) is 5.32 Å². The van der Waals surface area contributed by atoms with Gasteiger partial charge in [-0.2, -0.15) is 4.31 Å². The Hall–Kier alpha value is -2.78. The number of hydrogen-bond acceptors (Lipinski definition) is 5. The zero-order valence-corrected chi connectivity index (χ0v) is 18.0. The summed E-state index contributed by atoms with van der Waals surface area (Å²) < 4.78 is 27.3. The minimum absolute atomic E-state index is 0.0604. The van der Waals surface area contributed by atoms with E-state index in [-0.39, 0.29) is 35.5 Å². The van der Waals surface area contributed by atoms with E-state index in [1.807, 2.05) is 32.0 Å². The summed E-state index contributed by atoms with van der Waals surface area (Å²) in [7, 11) is -3.87. The zero-order valence-electron chi connectivity index (χ0n) is 17.2. The molecule has 0 aromatic heterocycles. The van der Waals surface area contributed by atoms with Gasteiger partial charge in [-0.05, 0) is 62.4 Å². The second-order valence-corrected chi connectivity index (χ2v) is 9.58. The molecule has 2 aromatic rings.